The molecule has 1 aliphatic carbocycles. The highest BCUT2D eigenvalue weighted by Gasteiger charge is 2.37. The van der Waals surface area contributed by atoms with E-state index in [-0.39, 0.29) is 12.2 Å². The van der Waals surface area contributed by atoms with E-state index < -0.39 is 0 Å². The quantitative estimate of drug-likeness (QED) is 0.633. The molecule has 1 aliphatic heterocycles. The van der Waals surface area contributed by atoms with Crippen LogP contribution in [0.3, 0.4) is 0 Å². The van der Waals surface area contributed by atoms with Gasteiger partial charge in [-0.1, -0.05) is 6.08 Å². The van der Waals surface area contributed by atoms with Gasteiger partial charge < -0.3 is 9.84 Å². The lowest BCUT2D eigenvalue weighted by Gasteiger charge is -2.27. The minimum Gasteiger partial charge on any atom is -0.488 e. The maximum Gasteiger partial charge on any atom is 0.155 e. The summed E-state index contributed by atoms with van der Waals surface area (Å²) in [5.41, 5.74) is 0.909. The number of hydrogen-bond donors (Lipinski definition) is 1. The summed E-state index contributed by atoms with van der Waals surface area (Å²) in [5.74, 6) is 0. The standard InChI is InChI=1S/C10H14O2/c11-8-10(6-3-7-12-10)9-4-1-2-5-9/h3-4,7,11H,1-2,5-6,8H2. The van der Waals surface area contributed by atoms with Crippen molar-refractivity contribution in [2.45, 2.75) is 31.3 Å². The van der Waals surface area contributed by atoms with Gasteiger partial charge in [0.05, 0.1) is 12.9 Å². The van der Waals surface area contributed by atoms with Crippen LogP contribution in [0.5, 0.6) is 0 Å². The Morgan fingerprint density at radius 1 is 1.58 bits per heavy atom. The summed E-state index contributed by atoms with van der Waals surface area (Å²) in [5, 5.41) is 9.27. The molecule has 12 heavy (non-hydrogen) atoms. The summed E-state index contributed by atoms with van der Waals surface area (Å²) in [7, 11) is 0. The van der Waals surface area contributed by atoms with Crippen LogP contribution >= 0.6 is 0 Å². The number of ether oxygens (including phenoxy) is 1. The molecule has 0 aromatic heterocycles. The lowest BCUT2D eigenvalue weighted by atomic mass is 9.91. The molecule has 0 saturated heterocycles. The molecule has 66 valence electrons. The third-order valence-electron chi connectivity index (χ3n) is 2.72. The summed E-state index contributed by atoms with van der Waals surface area (Å²) in [6.45, 7) is 0.103. The Bertz CT molecular complexity index is 220. The van der Waals surface area contributed by atoms with E-state index in [0.29, 0.717) is 0 Å². The molecule has 2 aliphatic rings. The summed E-state index contributed by atoms with van der Waals surface area (Å²) in [6.07, 6.45) is 10.2. The summed E-state index contributed by atoms with van der Waals surface area (Å²) >= 11 is 0. The molecule has 2 heteroatoms. The third-order valence-corrected chi connectivity index (χ3v) is 2.72. The Labute approximate surface area is 72.5 Å². The molecule has 0 aromatic carbocycles. The van der Waals surface area contributed by atoms with Gasteiger partial charge in [-0.05, 0) is 30.9 Å². The highest BCUT2D eigenvalue weighted by atomic mass is 16.5. The van der Waals surface area contributed by atoms with E-state index in [1.807, 2.05) is 6.08 Å². The van der Waals surface area contributed by atoms with Crippen molar-refractivity contribution in [3.63, 3.8) is 0 Å². The van der Waals surface area contributed by atoms with Gasteiger partial charge in [-0.25, -0.2) is 0 Å². The molecule has 0 bridgehead atoms. The van der Waals surface area contributed by atoms with Crippen molar-refractivity contribution in [2.24, 2.45) is 0 Å². The largest absolute Gasteiger partial charge is 0.488 e. The van der Waals surface area contributed by atoms with Crippen LogP contribution in [0.15, 0.2) is 24.0 Å². The van der Waals surface area contributed by atoms with Crippen LogP contribution in [0, 0.1) is 0 Å². The van der Waals surface area contributed by atoms with Crippen LogP contribution < -0.4 is 0 Å². The molecule has 0 aromatic rings. The van der Waals surface area contributed by atoms with Gasteiger partial charge in [-0.2, -0.15) is 0 Å². The predicted octanol–water partition coefficient (Wildman–Crippen LogP) is 1.76. The molecule has 1 N–H and O–H groups in total. The molecule has 0 saturated carbocycles. The van der Waals surface area contributed by atoms with E-state index in [1.54, 1.807) is 6.26 Å². The third kappa shape index (κ3) is 1.07. The monoisotopic (exact) mass is 166 g/mol. The minimum atomic E-state index is -0.378. The minimum absolute atomic E-state index is 0.103. The van der Waals surface area contributed by atoms with Crippen LogP contribution in [-0.2, 0) is 4.74 Å². The van der Waals surface area contributed by atoms with Gasteiger partial charge >= 0.3 is 0 Å². The lowest BCUT2D eigenvalue weighted by Crippen LogP contribution is -2.34. The van der Waals surface area contributed by atoms with Gasteiger partial charge in [-0.3, -0.25) is 0 Å². The van der Waals surface area contributed by atoms with Gasteiger partial charge in [0.25, 0.3) is 0 Å². The Kier molecular flexibility index (Phi) is 1.93. The number of allylic oxidation sites excluding steroid dienone is 1. The van der Waals surface area contributed by atoms with Crippen molar-refractivity contribution >= 4 is 0 Å². The van der Waals surface area contributed by atoms with Gasteiger partial charge in [0.15, 0.2) is 5.60 Å². The molecule has 2 rings (SSSR count). The van der Waals surface area contributed by atoms with Gasteiger partial charge in [0, 0.05) is 6.42 Å². The fourth-order valence-corrected chi connectivity index (χ4v) is 1.96. The predicted molar refractivity (Wildman–Crippen MR) is 46.6 cm³/mol. The second kappa shape index (κ2) is 2.94. The highest BCUT2D eigenvalue weighted by Crippen LogP contribution is 2.36. The van der Waals surface area contributed by atoms with Crippen molar-refractivity contribution in [3.05, 3.63) is 24.0 Å². The zero-order chi connectivity index (χ0) is 8.44. The molecule has 0 radical (unpaired) electrons. The Morgan fingerprint density at radius 2 is 2.50 bits per heavy atom. The summed E-state index contributed by atoms with van der Waals surface area (Å²) in [4.78, 5) is 0. The van der Waals surface area contributed by atoms with Gasteiger partial charge in [-0.15, -0.1) is 0 Å². The second-order valence-electron chi connectivity index (χ2n) is 3.47. The Morgan fingerprint density at radius 3 is 3.00 bits per heavy atom. The van der Waals surface area contributed by atoms with Crippen molar-refractivity contribution in [3.8, 4) is 0 Å². The first-order valence-electron chi connectivity index (χ1n) is 4.51. The molecule has 0 amide bonds. The Balaban J connectivity index is 2.16. The van der Waals surface area contributed by atoms with Gasteiger partial charge in [0.1, 0.15) is 0 Å². The van der Waals surface area contributed by atoms with Crippen LogP contribution in [0.4, 0.5) is 0 Å². The van der Waals surface area contributed by atoms with Crippen LogP contribution in [0.1, 0.15) is 25.7 Å². The van der Waals surface area contributed by atoms with Crippen molar-refractivity contribution in [2.75, 3.05) is 6.61 Å². The summed E-state index contributed by atoms with van der Waals surface area (Å²) < 4.78 is 5.47. The first-order chi connectivity index (χ1) is 5.87. The second-order valence-corrected chi connectivity index (χ2v) is 3.47. The fourth-order valence-electron chi connectivity index (χ4n) is 1.96. The fraction of sp³-hybridized carbons (Fsp3) is 0.600. The van der Waals surface area contributed by atoms with Crippen molar-refractivity contribution in [1.82, 2.24) is 0 Å². The highest BCUT2D eigenvalue weighted by molar-refractivity contribution is 5.25. The van der Waals surface area contributed by atoms with Crippen LogP contribution in [-0.4, -0.2) is 17.3 Å². The molecule has 0 spiro atoms. The molecule has 1 unspecified atom stereocenters. The number of rotatable bonds is 2. The zero-order valence-corrected chi connectivity index (χ0v) is 7.12. The SMILES string of the molecule is OCC1(C2=CCCC2)CC=CO1. The molecule has 1 heterocycles. The van der Waals surface area contributed by atoms with Gasteiger partial charge in [0.2, 0.25) is 0 Å². The molecule has 2 nitrogen and oxygen atoms in total. The number of hydrogen-bond acceptors (Lipinski definition) is 2. The number of aliphatic hydroxyl groups is 1. The summed E-state index contributed by atoms with van der Waals surface area (Å²) in [6, 6.07) is 0. The number of aliphatic hydroxyl groups excluding tert-OH is 1. The smallest absolute Gasteiger partial charge is 0.155 e. The Hall–Kier alpha value is -0.760. The van der Waals surface area contributed by atoms with E-state index in [0.717, 1.165) is 19.3 Å². The molecule has 0 fully saturated rings. The zero-order valence-electron chi connectivity index (χ0n) is 7.12. The van der Waals surface area contributed by atoms with E-state index in [9.17, 15) is 5.11 Å². The average Bonchev–Trinajstić information content (AvgIpc) is 2.76. The first kappa shape index (κ1) is 7.87. The van der Waals surface area contributed by atoms with Crippen molar-refractivity contribution < 1.29 is 9.84 Å². The van der Waals surface area contributed by atoms with Crippen LogP contribution in [0.25, 0.3) is 0 Å². The maximum absolute atomic E-state index is 9.27. The molecular weight excluding hydrogens is 152 g/mol. The van der Waals surface area contributed by atoms with E-state index >= 15 is 0 Å². The molecule has 1 atom stereocenters. The first-order valence-corrected chi connectivity index (χ1v) is 4.51. The van der Waals surface area contributed by atoms with E-state index in [1.165, 1.54) is 12.0 Å². The van der Waals surface area contributed by atoms with E-state index in [4.69, 9.17) is 4.74 Å². The maximum atomic E-state index is 9.27. The topological polar surface area (TPSA) is 29.5 Å². The molecular formula is C10H14O2. The van der Waals surface area contributed by atoms with Crippen LogP contribution in [0.2, 0.25) is 0 Å². The van der Waals surface area contributed by atoms with E-state index in [2.05, 4.69) is 6.08 Å². The average molecular weight is 166 g/mol. The van der Waals surface area contributed by atoms with Crippen molar-refractivity contribution in [1.29, 1.82) is 0 Å². The normalized spacial score (nSPS) is 33.6. The lowest BCUT2D eigenvalue weighted by molar-refractivity contribution is 0.0201.